The molecule has 1 aromatic heterocycles. The first-order valence-electron chi connectivity index (χ1n) is 6.65. The highest BCUT2D eigenvalue weighted by Crippen LogP contribution is 2.32. The number of hydrogen-bond acceptors (Lipinski definition) is 5. The van der Waals surface area contributed by atoms with Crippen LogP contribution in [0.1, 0.15) is 49.7 Å². The van der Waals surface area contributed by atoms with E-state index in [0.29, 0.717) is 30.6 Å². The van der Waals surface area contributed by atoms with Gasteiger partial charge in [0.25, 0.3) is 0 Å². The van der Waals surface area contributed by atoms with E-state index < -0.39 is 0 Å². The van der Waals surface area contributed by atoms with Crippen LogP contribution in [0.15, 0.2) is 4.52 Å². The van der Waals surface area contributed by atoms with Crippen LogP contribution in [-0.4, -0.2) is 33.5 Å². The lowest BCUT2D eigenvalue weighted by molar-refractivity contribution is -0.129. The number of carbonyl (C=O) groups is 2. The molecule has 2 fully saturated rings. The van der Waals surface area contributed by atoms with Crippen LogP contribution >= 0.6 is 0 Å². The van der Waals surface area contributed by atoms with E-state index in [1.54, 1.807) is 0 Å². The summed E-state index contributed by atoms with van der Waals surface area (Å²) in [5.41, 5.74) is 0. The molecule has 3 amide bonds. The van der Waals surface area contributed by atoms with Gasteiger partial charge in [0.2, 0.25) is 11.8 Å². The van der Waals surface area contributed by atoms with Crippen LogP contribution in [0.3, 0.4) is 0 Å². The Bertz CT molecular complexity index is 477. The number of urea groups is 1. The lowest BCUT2D eigenvalue weighted by Crippen LogP contribution is -2.49. The van der Waals surface area contributed by atoms with Gasteiger partial charge in [0.15, 0.2) is 5.82 Å². The van der Waals surface area contributed by atoms with E-state index in [0.717, 1.165) is 17.7 Å². The molecule has 2 aliphatic rings. The van der Waals surface area contributed by atoms with Crippen LogP contribution in [-0.2, 0) is 11.3 Å². The largest absolute Gasteiger partial charge is 0.339 e. The Hall–Kier alpha value is -1.92. The van der Waals surface area contributed by atoms with E-state index in [1.807, 2.05) is 0 Å². The van der Waals surface area contributed by atoms with Crippen molar-refractivity contribution in [1.82, 2.24) is 20.4 Å². The number of nitrogens with zero attached hydrogens (tertiary/aromatic N) is 3. The second-order valence-electron chi connectivity index (χ2n) is 4.99. The van der Waals surface area contributed by atoms with Crippen molar-refractivity contribution in [2.24, 2.45) is 0 Å². The summed E-state index contributed by atoms with van der Waals surface area (Å²) in [6.07, 6.45) is 4.85. The smallest absolute Gasteiger partial charge is 0.324 e. The summed E-state index contributed by atoms with van der Waals surface area (Å²) >= 11 is 0. The molecule has 1 aromatic rings. The van der Waals surface area contributed by atoms with Crippen molar-refractivity contribution in [2.45, 2.75) is 44.6 Å². The molecule has 0 aromatic carbocycles. The minimum atomic E-state index is -0.386. The number of hydrogen-bond donors (Lipinski definition) is 1. The molecule has 1 saturated heterocycles. The Morgan fingerprint density at radius 2 is 2.11 bits per heavy atom. The molecule has 7 heteroatoms. The molecule has 3 rings (SSSR count). The van der Waals surface area contributed by atoms with Gasteiger partial charge < -0.3 is 9.84 Å². The fourth-order valence-corrected chi connectivity index (χ4v) is 2.59. The topological polar surface area (TPSA) is 88.3 Å². The number of imide groups is 1. The summed E-state index contributed by atoms with van der Waals surface area (Å²) in [6, 6.07) is -0.386. The maximum absolute atomic E-state index is 11.7. The predicted molar refractivity (Wildman–Crippen MR) is 64.1 cm³/mol. The Morgan fingerprint density at radius 3 is 2.84 bits per heavy atom. The van der Waals surface area contributed by atoms with Crippen LogP contribution in [0.4, 0.5) is 4.79 Å². The third-order valence-electron chi connectivity index (χ3n) is 3.65. The molecule has 1 N–H and O–H groups in total. The van der Waals surface area contributed by atoms with Crippen molar-refractivity contribution in [1.29, 1.82) is 0 Å². The number of carbonyl (C=O) groups excluding carboxylic acids is 2. The summed E-state index contributed by atoms with van der Waals surface area (Å²) in [4.78, 5) is 28.7. The Balaban J connectivity index is 1.69. The van der Waals surface area contributed by atoms with Crippen molar-refractivity contribution in [3.63, 3.8) is 0 Å². The number of aromatic nitrogens is 2. The summed E-state index contributed by atoms with van der Waals surface area (Å²) in [5.74, 6) is 1.17. The van der Waals surface area contributed by atoms with Crippen LogP contribution < -0.4 is 5.32 Å². The molecule has 0 bridgehead atoms. The third kappa shape index (κ3) is 2.45. The van der Waals surface area contributed by atoms with E-state index in [2.05, 4.69) is 15.5 Å². The molecule has 19 heavy (non-hydrogen) atoms. The van der Waals surface area contributed by atoms with Gasteiger partial charge in [-0.25, -0.2) is 4.79 Å². The van der Waals surface area contributed by atoms with E-state index in [1.165, 1.54) is 12.8 Å². The average Bonchev–Trinajstić information content (AvgIpc) is 3.04. The van der Waals surface area contributed by atoms with Gasteiger partial charge in [-0.05, 0) is 12.8 Å². The number of amides is 3. The molecule has 0 atom stereocenters. The zero-order valence-electron chi connectivity index (χ0n) is 10.6. The zero-order valence-corrected chi connectivity index (χ0v) is 10.6. The first-order valence-corrected chi connectivity index (χ1v) is 6.65. The molecule has 1 saturated carbocycles. The molecule has 7 nitrogen and oxygen atoms in total. The Labute approximate surface area is 110 Å². The van der Waals surface area contributed by atoms with Gasteiger partial charge in [-0.15, -0.1) is 0 Å². The second-order valence-corrected chi connectivity index (χ2v) is 4.99. The molecule has 0 unspecified atom stereocenters. The van der Waals surface area contributed by atoms with Gasteiger partial charge in [0.05, 0.1) is 6.54 Å². The van der Waals surface area contributed by atoms with Crippen molar-refractivity contribution < 1.29 is 14.1 Å². The van der Waals surface area contributed by atoms with Gasteiger partial charge >= 0.3 is 6.03 Å². The van der Waals surface area contributed by atoms with Gasteiger partial charge in [-0.3, -0.25) is 9.69 Å². The zero-order chi connectivity index (χ0) is 13.2. The minimum Gasteiger partial charge on any atom is -0.339 e. The maximum Gasteiger partial charge on any atom is 0.324 e. The third-order valence-corrected chi connectivity index (χ3v) is 3.65. The maximum atomic E-state index is 11.7. The first-order chi connectivity index (χ1) is 9.24. The van der Waals surface area contributed by atoms with Crippen LogP contribution in [0.2, 0.25) is 0 Å². The molecule has 0 spiro atoms. The summed E-state index contributed by atoms with van der Waals surface area (Å²) in [6.45, 7) is 0.481. The van der Waals surface area contributed by atoms with Gasteiger partial charge in [0, 0.05) is 18.9 Å². The highest BCUT2D eigenvalue weighted by molar-refractivity contribution is 5.96. The number of nitrogens with one attached hydrogen (secondary N) is 1. The predicted octanol–water partition coefficient (Wildman–Crippen LogP) is 1.17. The average molecular weight is 264 g/mol. The lowest BCUT2D eigenvalue weighted by atomic mass is 10.1. The van der Waals surface area contributed by atoms with Crippen molar-refractivity contribution in [3.8, 4) is 0 Å². The van der Waals surface area contributed by atoms with Crippen molar-refractivity contribution in [3.05, 3.63) is 11.7 Å². The van der Waals surface area contributed by atoms with E-state index in [9.17, 15) is 9.59 Å². The molecule has 0 radical (unpaired) electrons. The number of rotatable bonds is 3. The molecular formula is C12H16N4O3. The Kier molecular flexibility index (Phi) is 3.18. The van der Waals surface area contributed by atoms with Crippen LogP contribution in [0.5, 0.6) is 0 Å². The molecular weight excluding hydrogens is 248 g/mol. The normalized spacial score (nSPS) is 20.9. The van der Waals surface area contributed by atoms with E-state index in [-0.39, 0.29) is 18.5 Å². The summed E-state index contributed by atoms with van der Waals surface area (Å²) in [7, 11) is 0. The standard InChI is InChI=1S/C12H16N4O3/c17-10-5-6-13-12(18)16(10)7-9-14-11(19-15-9)8-3-1-2-4-8/h8H,1-7H2,(H,13,18). The summed E-state index contributed by atoms with van der Waals surface area (Å²) < 4.78 is 5.23. The highest BCUT2D eigenvalue weighted by Gasteiger charge is 2.28. The van der Waals surface area contributed by atoms with Crippen LogP contribution in [0.25, 0.3) is 0 Å². The van der Waals surface area contributed by atoms with E-state index >= 15 is 0 Å². The minimum absolute atomic E-state index is 0.0842. The fraction of sp³-hybridized carbons (Fsp3) is 0.667. The van der Waals surface area contributed by atoms with E-state index in [4.69, 9.17) is 4.52 Å². The monoisotopic (exact) mass is 264 g/mol. The molecule has 1 aliphatic heterocycles. The lowest BCUT2D eigenvalue weighted by Gasteiger charge is -2.24. The first kappa shape index (κ1) is 12.1. The second kappa shape index (κ2) is 4.99. The summed E-state index contributed by atoms with van der Waals surface area (Å²) in [5, 5.41) is 6.49. The molecule has 1 aliphatic carbocycles. The van der Waals surface area contributed by atoms with Crippen LogP contribution in [0, 0.1) is 0 Å². The molecule has 102 valence electrons. The van der Waals surface area contributed by atoms with Gasteiger partial charge in [-0.2, -0.15) is 4.98 Å². The van der Waals surface area contributed by atoms with Gasteiger partial charge in [0.1, 0.15) is 0 Å². The van der Waals surface area contributed by atoms with Gasteiger partial charge in [-0.1, -0.05) is 18.0 Å². The fourth-order valence-electron chi connectivity index (χ4n) is 2.59. The SMILES string of the molecule is O=C1CCNC(=O)N1Cc1noc(C2CCCC2)n1. The Morgan fingerprint density at radius 1 is 1.32 bits per heavy atom. The quantitative estimate of drug-likeness (QED) is 0.885. The highest BCUT2D eigenvalue weighted by atomic mass is 16.5. The van der Waals surface area contributed by atoms with Crippen molar-refractivity contribution in [2.75, 3.05) is 6.54 Å². The molecule has 2 heterocycles. The van der Waals surface area contributed by atoms with Crippen molar-refractivity contribution >= 4 is 11.9 Å².